The van der Waals surface area contributed by atoms with E-state index in [2.05, 4.69) is 13.8 Å². The molecule has 0 spiro atoms. The Morgan fingerprint density at radius 1 is 0.923 bits per heavy atom. The fourth-order valence-electron chi connectivity index (χ4n) is 3.91. The van der Waals surface area contributed by atoms with E-state index in [4.69, 9.17) is 14.2 Å². The van der Waals surface area contributed by atoms with Crippen molar-refractivity contribution in [3.8, 4) is 5.75 Å². The third-order valence-electron chi connectivity index (χ3n) is 5.80. The molecule has 0 bridgehead atoms. The van der Waals surface area contributed by atoms with Crippen molar-refractivity contribution in [1.29, 1.82) is 0 Å². The highest BCUT2D eigenvalue weighted by Crippen LogP contribution is 2.31. The minimum Gasteiger partial charge on any atom is -0.468 e. The van der Waals surface area contributed by atoms with Crippen LogP contribution < -0.4 is 4.74 Å². The van der Waals surface area contributed by atoms with Gasteiger partial charge in [0.15, 0.2) is 6.79 Å². The lowest BCUT2D eigenvalue weighted by Crippen LogP contribution is -2.32. The number of hydrogen-bond acceptors (Lipinski definition) is 4. The van der Waals surface area contributed by atoms with Crippen LogP contribution >= 0.6 is 0 Å². The van der Waals surface area contributed by atoms with E-state index in [1.54, 1.807) is 0 Å². The number of ether oxygens (including phenoxy) is 3. The van der Waals surface area contributed by atoms with Crippen LogP contribution in [0.3, 0.4) is 0 Å². The van der Waals surface area contributed by atoms with Crippen LogP contribution in [0, 0.1) is 18.8 Å². The normalized spacial score (nSPS) is 29.2. The summed E-state index contributed by atoms with van der Waals surface area (Å²) in [5.41, 5.74) is 1.22. The maximum Gasteiger partial charge on any atom is 0.309 e. The molecule has 3 rings (SSSR count). The Balaban J connectivity index is 1.31. The van der Waals surface area contributed by atoms with Gasteiger partial charge in [-0.05, 0) is 76.3 Å². The van der Waals surface area contributed by atoms with Gasteiger partial charge in [0.2, 0.25) is 0 Å². The number of carbonyl (C=O) groups is 1. The molecule has 2 saturated carbocycles. The van der Waals surface area contributed by atoms with Crippen LogP contribution in [0.25, 0.3) is 0 Å². The Kier molecular flexibility index (Phi) is 6.95. The molecule has 1 aromatic rings. The van der Waals surface area contributed by atoms with E-state index in [9.17, 15) is 4.79 Å². The summed E-state index contributed by atoms with van der Waals surface area (Å²) in [6.07, 6.45) is 8.21. The highest BCUT2D eigenvalue weighted by atomic mass is 16.7. The van der Waals surface area contributed by atoms with E-state index >= 15 is 0 Å². The molecule has 0 saturated heterocycles. The van der Waals surface area contributed by atoms with Crippen molar-refractivity contribution >= 4 is 5.97 Å². The van der Waals surface area contributed by atoms with E-state index in [1.807, 2.05) is 24.3 Å². The molecule has 0 N–H and O–H groups in total. The molecule has 0 radical (unpaired) electrons. The second-order valence-corrected chi connectivity index (χ2v) is 8.03. The summed E-state index contributed by atoms with van der Waals surface area (Å²) < 4.78 is 17.2. The first kappa shape index (κ1) is 19.2. The number of carbonyl (C=O) groups excluding carboxylic acids is 1. The van der Waals surface area contributed by atoms with Crippen LogP contribution in [0.5, 0.6) is 5.75 Å². The van der Waals surface area contributed by atoms with Crippen LogP contribution in [-0.2, 0) is 14.3 Å². The van der Waals surface area contributed by atoms with Gasteiger partial charge in [-0.2, -0.15) is 0 Å². The van der Waals surface area contributed by atoms with Crippen molar-refractivity contribution in [2.24, 2.45) is 11.8 Å². The van der Waals surface area contributed by atoms with Crippen molar-refractivity contribution in [3.63, 3.8) is 0 Å². The van der Waals surface area contributed by atoms with Gasteiger partial charge < -0.3 is 14.2 Å². The average Bonchev–Trinajstić information content (AvgIpc) is 2.65. The average molecular weight is 360 g/mol. The zero-order chi connectivity index (χ0) is 18.4. The molecular weight excluding hydrogens is 328 g/mol. The predicted molar refractivity (Wildman–Crippen MR) is 101 cm³/mol. The highest BCUT2D eigenvalue weighted by Gasteiger charge is 2.29. The molecular formula is C22H32O4. The van der Waals surface area contributed by atoms with E-state index in [-0.39, 0.29) is 30.9 Å². The molecule has 2 fully saturated rings. The van der Waals surface area contributed by atoms with Gasteiger partial charge in [-0.25, -0.2) is 0 Å². The third kappa shape index (κ3) is 5.73. The van der Waals surface area contributed by atoms with E-state index in [1.165, 1.54) is 5.56 Å². The van der Waals surface area contributed by atoms with Gasteiger partial charge in [0.1, 0.15) is 11.9 Å². The maximum absolute atomic E-state index is 12.3. The van der Waals surface area contributed by atoms with Crippen molar-refractivity contribution in [2.75, 3.05) is 6.79 Å². The standard InChI is InChI=1S/C22H32O4/c1-16-3-7-18(8-4-16)22(23)26-21-13-11-20(12-14-21)25-15-24-19-9-5-17(2)6-10-19/h5-6,9-10,16,18,20-21H,3-4,7-8,11-15H2,1-2H3. The van der Waals surface area contributed by atoms with Gasteiger partial charge in [-0.1, -0.05) is 24.6 Å². The number of hydrogen-bond donors (Lipinski definition) is 0. The molecule has 0 atom stereocenters. The molecule has 0 aliphatic heterocycles. The molecule has 0 heterocycles. The van der Waals surface area contributed by atoms with Crippen LogP contribution in [0.1, 0.15) is 63.9 Å². The van der Waals surface area contributed by atoms with Crippen LogP contribution in [0.4, 0.5) is 0 Å². The van der Waals surface area contributed by atoms with Gasteiger partial charge in [-0.15, -0.1) is 0 Å². The minimum atomic E-state index is 0.0315. The fraction of sp³-hybridized carbons (Fsp3) is 0.682. The summed E-state index contributed by atoms with van der Waals surface area (Å²) >= 11 is 0. The van der Waals surface area contributed by atoms with E-state index in [0.717, 1.165) is 63.0 Å². The third-order valence-corrected chi connectivity index (χ3v) is 5.80. The largest absolute Gasteiger partial charge is 0.468 e. The molecule has 144 valence electrons. The Bertz CT molecular complexity index is 552. The summed E-state index contributed by atoms with van der Waals surface area (Å²) in [4.78, 5) is 12.3. The monoisotopic (exact) mass is 360 g/mol. The quantitative estimate of drug-likeness (QED) is 0.527. The second-order valence-electron chi connectivity index (χ2n) is 8.03. The van der Waals surface area contributed by atoms with Gasteiger partial charge in [-0.3, -0.25) is 4.79 Å². The summed E-state index contributed by atoms with van der Waals surface area (Å²) in [6, 6.07) is 7.98. The molecule has 4 heteroatoms. The van der Waals surface area contributed by atoms with Crippen molar-refractivity contribution in [3.05, 3.63) is 29.8 Å². The van der Waals surface area contributed by atoms with Gasteiger partial charge >= 0.3 is 5.97 Å². The Morgan fingerprint density at radius 2 is 1.54 bits per heavy atom. The lowest BCUT2D eigenvalue weighted by atomic mass is 9.83. The molecule has 2 aliphatic carbocycles. The van der Waals surface area contributed by atoms with Crippen molar-refractivity contribution in [2.45, 2.75) is 77.4 Å². The fourth-order valence-corrected chi connectivity index (χ4v) is 3.91. The lowest BCUT2D eigenvalue weighted by Gasteiger charge is -2.30. The SMILES string of the molecule is Cc1ccc(OCOC2CCC(OC(=O)C3CCC(C)CC3)CC2)cc1. The number of benzene rings is 1. The molecule has 0 amide bonds. The predicted octanol–water partition coefficient (Wildman–Crippen LogP) is 5.03. The molecule has 2 aliphatic rings. The van der Waals surface area contributed by atoms with Gasteiger partial charge in [0.25, 0.3) is 0 Å². The first-order valence-electron chi connectivity index (χ1n) is 10.1. The summed E-state index contributed by atoms with van der Waals surface area (Å²) in [5.74, 6) is 1.75. The highest BCUT2D eigenvalue weighted by molar-refractivity contribution is 5.72. The first-order chi connectivity index (χ1) is 12.6. The zero-order valence-corrected chi connectivity index (χ0v) is 16.1. The molecule has 0 aromatic heterocycles. The Labute approximate surface area is 157 Å². The summed E-state index contributed by atoms with van der Waals surface area (Å²) in [5, 5.41) is 0. The topological polar surface area (TPSA) is 44.8 Å². The van der Waals surface area contributed by atoms with Crippen molar-refractivity contribution < 1.29 is 19.0 Å². The first-order valence-corrected chi connectivity index (χ1v) is 10.1. The summed E-state index contributed by atoms with van der Waals surface area (Å²) in [7, 11) is 0. The Hall–Kier alpha value is -1.55. The van der Waals surface area contributed by atoms with Crippen LogP contribution in [0.15, 0.2) is 24.3 Å². The molecule has 1 aromatic carbocycles. The van der Waals surface area contributed by atoms with Gasteiger partial charge in [0, 0.05) is 0 Å². The second kappa shape index (κ2) is 9.40. The van der Waals surface area contributed by atoms with E-state index in [0.29, 0.717) is 0 Å². The lowest BCUT2D eigenvalue weighted by molar-refractivity contribution is -0.159. The minimum absolute atomic E-state index is 0.0315. The zero-order valence-electron chi connectivity index (χ0n) is 16.1. The Morgan fingerprint density at radius 3 is 2.19 bits per heavy atom. The number of aryl methyl sites for hydroxylation is 1. The number of rotatable bonds is 6. The molecule has 26 heavy (non-hydrogen) atoms. The van der Waals surface area contributed by atoms with Gasteiger partial charge in [0.05, 0.1) is 12.0 Å². The van der Waals surface area contributed by atoms with Crippen molar-refractivity contribution in [1.82, 2.24) is 0 Å². The number of esters is 1. The summed E-state index contributed by atoms with van der Waals surface area (Å²) in [6.45, 7) is 4.60. The maximum atomic E-state index is 12.3. The van der Waals surface area contributed by atoms with E-state index < -0.39 is 0 Å². The van der Waals surface area contributed by atoms with Crippen LogP contribution in [0.2, 0.25) is 0 Å². The molecule has 0 unspecified atom stereocenters. The van der Waals surface area contributed by atoms with Crippen LogP contribution in [-0.4, -0.2) is 25.0 Å². The molecule has 4 nitrogen and oxygen atoms in total. The smallest absolute Gasteiger partial charge is 0.309 e.